The normalized spacial score (nSPS) is 21.1. The number of carbonyl (C=O) groups is 1. The average Bonchev–Trinajstić information content (AvgIpc) is 3.23. The molecule has 0 aliphatic carbocycles. The van der Waals surface area contributed by atoms with Crippen LogP contribution in [0, 0.1) is 0 Å². The predicted molar refractivity (Wildman–Crippen MR) is 98.8 cm³/mol. The first-order valence-corrected chi connectivity index (χ1v) is 9.40. The fourth-order valence-electron chi connectivity index (χ4n) is 3.49. The van der Waals surface area contributed by atoms with Gasteiger partial charge in [-0.3, -0.25) is 9.79 Å². The van der Waals surface area contributed by atoms with Crippen molar-refractivity contribution >= 4 is 11.9 Å². The van der Waals surface area contributed by atoms with Crippen LogP contribution in [0.3, 0.4) is 0 Å². The molecule has 0 aromatic heterocycles. The number of hydrogen-bond acceptors (Lipinski definition) is 3. The summed E-state index contributed by atoms with van der Waals surface area (Å²) in [5.74, 6) is 0.658. The van der Waals surface area contributed by atoms with Crippen LogP contribution >= 0.6 is 0 Å². The van der Waals surface area contributed by atoms with Gasteiger partial charge in [-0.1, -0.05) is 12.1 Å². The van der Waals surface area contributed by atoms with Gasteiger partial charge >= 0.3 is 6.18 Å². The number of ether oxygens (including phenoxy) is 1. The third-order valence-corrected chi connectivity index (χ3v) is 5.01. The van der Waals surface area contributed by atoms with Gasteiger partial charge in [0.1, 0.15) is 6.10 Å². The Kier molecular flexibility index (Phi) is 6.43. The summed E-state index contributed by atoms with van der Waals surface area (Å²) in [5.41, 5.74) is -0.133. The van der Waals surface area contributed by atoms with E-state index in [1.54, 1.807) is 13.1 Å². The van der Waals surface area contributed by atoms with Crippen LogP contribution in [0.4, 0.5) is 13.2 Å². The zero-order valence-electron chi connectivity index (χ0n) is 15.8. The Morgan fingerprint density at radius 1 is 1.25 bits per heavy atom. The van der Waals surface area contributed by atoms with Crippen LogP contribution in [0.25, 0.3) is 0 Å². The number of piperazine rings is 1. The van der Waals surface area contributed by atoms with Crippen molar-refractivity contribution in [1.82, 2.24) is 15.1 Å². The Balaban J connectivity index is 1.52. The van der Waals surface area contributed by atoms with E-state index in [9.17, 15) is 18.0 Å². The molecular formula is C19H25F3N4O2. The Morgan fingerprint density at radius 3 is 2.57 bits per heavy atom. The molecule has 3 rings (SSSR count). The number of hydrogen-bond donors (Lipinski definition) is 1. The van der Waals surface area contributed by atoms with Gasteiger partial charge in [0.2, 0.25) is 0 Å². The molecule has 28 heavy (non-hydrogen) atoms. The third-order valence-electron chi connectivity index (χ3n) is 5.01. The summed E-state index contributed by atoms with van der Waals surface area (Å²) < 4.78 is 44.0. The lowest BCUT2D eigenvalue weighted by molar-refractivity contribution is -0.142. The van der Waals surface area contributed by atoms with Crippen molar-refractivity contribution in [2.75, 3.05) is 39.8 Å². The van der Waals surface area contributed by atoms with E-state index in [1.165, 1.54) is 6.07 Å². The SMILES string of the molecule is CN=C(NCc1cccc(C(F)(F)F)c1)N1CCN(C(=O)C2CCCO2)CC1. The third kappa shape index (κ3) is 4.95. The summed E-state index contributed by atoms with van der Waals surface area (Å²) >= 11 is 0. The molecule has 2 aliphatic heterocycles. The molecule has 0 bridgehead atoms. The topological polar surface area (TPSA) is 57.2 Å². The molecule has 2 saturated heterocycles. The lowest BCUT2D eigenvalue weighted by atomic mass is 10.1. The lowest BCUT2D eigenvalue weighted by Crippen LogP contribution is -2.55. The van der Waals surface area contributed by atoms with Crippen LogP contribution in [0.15, 0.2) is 29.3 Å². The average molecular weight is 398 g/mol. The number of carbonyl (C=O) groups excluding carboxylic acids is 1. The van der Waals surface area contributed by atoms with Gasteiger partial charge < -0.3 is 19.9 Å². The summed E-state index contributed by atoms with van der Waals surface area (Å²) in [4.78, 5) is 20.5. The number of nitrogens with one attached hydrogen (secondary N) is 1. The van der Waals surface area contributed by atoms with Gasteiger partial charge in [0, 0.05) is 46.4 Å². The molecule has 1 amide bonds. The summed E-state index contributed by atoms with van der Waals surface area (Å²) in [6, 6.07) is 5.24. The number of aliphatic imine (C=N–C) groups is 1. The highest BCUT2D eigenvalue weighted by atomic mass is 19.4. The Morgan fingerprint density at radius 2 is 1.96 bits per heavy atom. The molecule has 1 aromatic carbocycles. The van der Waals surface area contributed by atoms with E-state index >= 15 is 0 Å². The van der Waals surface area contributed by atoms with Gasteiger partial charge in [-0.05, 0) is 30.5 Å². The molecule has 2 fully saturated rings. The number of halogens is 3. The highest BCUT2D eigenvalue weighted by Gasteiger charge is 2.31. The molecule has 2 heterocycles. The minimum Gasteiger partial charge on any atom is -0.368 e. The van der Waals surface area contributed by atoms with Crippen LogP contribution in [0.5, 0.6) is 0 Å². The van der Waals surface area contributed by atoms with Crippen LogP contribution < -0.4 is 5.32 Å². The maximum atomic E-state index is 12.8. The van der Waals surface area contributed by atoms with Gasteiger partial charge in [-0.15, -0.1) is 0 Å². The smallest absolute Gasteiger partial charge is 0.368 e. The summed E-state index contributed by atoms with van der Waals surface area (Å²) in [5, 5.41) is 3.11. The second-order valence-corrected chi connectivity index (χ2v) is 6.91. The fourth-order valence-corrected chi connectivity index (χ4v) is 3.49. The molecule has 0 saturated carbocycles. The van der Waals surface area contributed by atoms with Crippen LogP contribution in [0.2, 0.25) is 0 Å². The Bertz CT molecular complexity index is 709. The van der Waals surface area contributed by atoms with Crippen molar-refractivity contribution in [2.45, 2.75) is 31.7 Å². The van der Waals surface area contributed by atoms with Crippen molar-refractivity contribution in [2.24, 2.45) is 4.99 Å². The summed E-state index contributed by atoms with van der Waals surface area (Å²) in [7, 11) is 1.64. The first-order chi connectivity index (χ1) is 13.4. The van der Waals surface area contributed by atoms with E-state index in [0.717, 1.165) is 25.0 Å². The van der Waals surface area contributed by atoms with Crippen LogP contribution in [0.1, 0.15) is 24.0 Å². The zero-order chi connectivity index (χ0) is 20.1. The molecule has 0 radical (unpaired) electrons. The maximum absolute atomic E-state index is 12.8. The van der Waals surface area contributed by atoms with Crippen LogP contribution in [-0.2, 0) is 22.3 Å². The maximum Gasteiger partial charge on any atom is 0.416 e. The highest BCUT2D eigenvalue weighted by molar-refractivity contribution is 5.82. The van der Waals surface area contributed by atoms with Gasteiger partial charge in [0.05, 0.1) is 5.56 Å². The first-order valence-electron chi connectivity index (χ1n) is 9.40. The molecule has 1 atom stereocenters. The molecule has 1 aromatic rings. The van der Waals surface area contributed by atoms with Gasteiger partial charge in [-0.2, -0.15) is 13.2 Å². The number of benzene rings is 1. The number of alkyl halides is 3. The first kappa shape index (κ1) is 20.4. The van der Waals surface area contributed by atoms with Crippen molar-refractivity contribution in [3.05, 3.63) is 35.4 Å². The second-order valence-electron chi connectivity index (χ2n) is 6.91. The zero-order valence-corrected chi connectivity index (χ0v) is 15.8. The molecular weight excluding hydrogens is 373 g/mol. The Hall–Kier alpha value is -2.29. The van der Waals surface area contributed by atoms with E-state index in [1.807, 2.05) is 9.80 Å². The minimum absolute atomic E-state index is 0.0454. The minimum atomic E-state index is -4.36. The van der Waals surface area contributed by atoms with E-state index in [0.29, 0.717) is 44.3 Å². The van der Waals surface area contributed by atoms with Crippen molar-refractivity contribution in [3.8, 4) is 0 Å². The molecule has 1 unspecified atom stereocenters. The number of nitrogens with zero attached hydrogens (tertiary/aromatic N) is 3. The largest absolute Gasteiger partial charge is 0.416 e. The van der Waals surface area contributed by atoms with E-state index < -0.39 is 11.7 Å². The van der Waals surface area contributed by atoms with Crippen LogP contribution in [-0.4, -0.2) is 67.6 Å². The number of rotatable bonds is 3. The van der Waals surface area contributed by atoms with Crippen molar-refractivity contribution < 1.29 is 22.7 Å². The van der Waals surface area contributed by atoms with Crippen molar-refractivity contribution in [1.29, 1.82) is 0 Å². The molecule has 2 aliphatic rings. The lowest BCUT2D eigenvalue weighted by Gasteiger charge is -2.37. The van der Waals surface area contributed by atoms with Crippen molar-refractivity contribution in [3.63, 3.8) is 0 Å². The van der Waals surface area contributed by atoms with E-state index in [-0.39, 0.29) is 18.6 Å². The van der Waals surface area contributed by atoms with Gasteiger partial charge in [0.25, 0.3) is 5.91 Å². The molecule has 6 nitrogen and oxygen atoms in total. The second kappa shape index (κ2) is 8.81. The molecule has 154 valence electrons. The quantitative estimate of drug-likeness (QED) is 0.626. The number of guanidine groups is 1. The molecule has 1 N–H and O–H groups in total. The van der Waals surface area contributed by atoms with Gasteiger partial charge in [0.15, 0.2) is 5.96 Å². The molecule has 9 heteroatoms. The van der Waals surface area contributed by atoms with Gasteiger partial charge in [-0.25, -0.2) is 0 Å². The summed E-state index contributed by atoms with van der Waals surface area (Å²) in [6.45, 7) is 3.25. The standard InChI is InChI=1S/C19H25F3N4O2/c1-23-18(24-13-14-4-2-5-15(12-14)19(20,21)22)26-9-7-25(8-10-26)17(27)16-6-3-11-28-16/h2,4-5,12,16H,3,6-11,13H2,1H3,(H,23,24). The Labute approximate surface area is 162 Å². The monoisotopic (exact) mass is 398 g/mol. The summed E-state index contributed by atoms with van der Waals surface area (Å²) in [6.07, 6.45) is -2.98. The highest BCUT2D eigenvalue weighted by Crippen LogP contribution is 2.29. The number of amides is 1. The predicted octanol–water partition coefficient (Wildman–Crippen LogP) is 2.10. The van der Waals surface area contributed by atoms with E-state index in [2.05, 4.69) is 10.3 Å². The van der Waals surface area contributed by atoms with E-state index in [4.69, 9.17) is 4.74 Å². The molecule has 0 spiro atoms. The fraction of sp³-hybridized carbons (Fsp3) is 0.579.